The van der Waals surface area contributed by atoms with E-state index in [0.29, 0.717) is 12.2 Å². The van der Waals surface area contributed by atoms with E-state index in [9.17, 15) is 9.90 Å². The third-order valence-corrected chi connectivity index (χ3v) is 3.30. The number of nitrogens with one attached hydrogen (secondary N) is 1. The summed E-state index contributed by atoms with van der Waals surface area (Å²) in [5, 5.41) is 12.3. The number of esters is 1. The van der Waals surface area contributed by atoms with Crippen molar-refractivity contribution in [3.8, 4) is 0 Å². The fraction of sp³-hybridized carbons (Fsp3) is 0.278. The summed E-state index contributed by atoms with van der Waals surface area (Å²) in [5.74, 6) is -0.294. The Labute approximate surface area is 136 Å². The molecule has 0 aromatic heterocycles. The number of benzene rings is 2. The van der Waals surface area contributed by atoms with Crippen LogP contribution in [0, 0.1) is 0 Å². The minimum Gasteiger partial charge on any atom is -0.461 e. The van der Waals surface area contributed by atoms with Crippen LogP contribution in [0.4, 0.5) is 11.4 Å². The Bertz CT molecular complexity index is 642. The molecule has 4 N–H and O–H groups in total. The van der Waals surface area contributed by atoms with Crippen LogP contribution in [0.1, 0.15) is 18.1 Å². The van der Waals surface area contributed by atoms with Gasteiger partial charge in [0.05, 0.1) is 23.9 Å². The molecular weight excluding hydrogens is 292 g/mol. The van der Waals surface area contributed by atoms with Crippen molar-refractivity contribution >= 4 is 17.3 Å². The van der Waals surface area contributed by atoms with Gasteiger partial charge in [-0.15, -0.1) is 0 Å². The van der Waals surface area contributed by atoms with Crippen molar-refractivity contribution < 1.29 is 14.6 Å². The minimum atomic E-state index is -0.456. The van der Waals surface area contributed by atoms with E-state index in [2.05, 4.69) is 5.32 Å². The zero-order valence-corrected chi connectivity index (χ0v) is 13.2. The van der Waals surface area contributed by atoms with E-state index < -0.39 is 6.10 Å². The SMILES string of the molecule is C[C@H](O)CNc1ccc(CC(=O)OCc2ccccc2)cc1N. The van der Waals surface area contributed by atoms with Crippen molar-refractivity contribution in [1.29, 1.82) is 0 Å². The standard InChI is InChI=1S/C18H22N2O3/c1-13(21)11-20-17-8-7-15(9-16(17)19)10-18(22)23-12-14-5-3-2-4-6-14/h2-9,13,20-21H,10-12,19H2,1H3/t13-/m0/s1. The van der Waals surface area contributed by atoms with Crippen LogP contribution in [0.2, 0.25) is 0 Å². The van der Waals surface area contributed by atoms with Gasteiger partial charge in [-0.2, -0.15) is 0 Å². The molecule has 5 heteroatoms. The average Bonchev–Trinajstić information content (AvgIpc) is 2.53. The number of hydrogen-bond donors (Lipinski definition) is 3. The molecule has 0 aliphatic heterocycles. The monoisotopic (exact) mass is 314 g/mol. The van der Waals surface area contributed by atoms with Gasteiger partial charge < -0.3 is 20.9 Å². The fourth-order valence-electron chi connectivity index (χ4n) is 2.10. The van der Waals surface area contributed by atoms with E-state index >= 15 is 0 Å². The second kappa shape index (κ2) is 8.19. The molecular formula is C18H22N2O3. The molecule has 0 bridgehead atoms. The van der Waals surface area contributed by atoms with Crippen molar-refractivity contribution in [2.45, 2.75) is 26.1 Å². The number of carbonyl (C=O) groups is 1. The van der Waals surface area contributed by atoms with Crippen molar-refractivity contribution in [1.82, 2.24) is 0 Å². The van der Waals surface area contributed by atoms with Crippen LogP contribution in [0.25, 0.3) is 0 Å². The minimum absolute atomic E-state index is 0.174. The van der Waals surface area contributed by atoms with Crippen molar-refractivity contribution in [2.75, 3.05) is 17.6 Å². The quantitative estimate of drug-likeness (QED) is 0.539. The molecule has 0 saturated heterocycles. The third-order valence-electron chi connectivity index (χ3n) is 3.30. The number of nitrogens with two attached hydrogens (primary N) is 1. The molecule has 0 heterocycles. The summed E-state index contributed by atoms with van der Waals surface area (Å²) in [6.45, 7) is 2.38. The number of rotatable bonds is 7. The van der Waals surface area contributed by atoms with Gasteiger partial charge in [0.2, 0.25) is 0 Å². The summed E-state index contributed by atoms with van der Waals surface area (Å²) >= 11 is 0. The van der Waals surface area contributed by atoms with Crippen LogP contribution in [0.5, 0.6) is 0 Å². The van der Waals surface area contributed by atoms with E-state index in [-0.39, 0.29) is 19.0 Å². The number of carbonyl (C=O) groups excluding carboxylic acids is 1. The number of nitrogen functional groups attached to an aromatic ring is 1. The lowest BCUT2D eigenvalue weighted by Crippen LogP contribution is -2.16. The highest BCUT2D eigenvalue weighted by Crippen LogP contribution is 2.20. The van der Waals surface area contributed by atoms with Crippen LogP contribution in [-0.2, 0) is 22.6 Å². The Morgan fingerprint density at radius 3 is 2.61 bits per heavy atom. The van der Waals surface area contributed by atoms with Crippen molar-refractivity contribution in [3.63, 3.8) is 0 Å². The maximum Gasteiger partial charge on any atom is 0.310 e. The van der Waals surface area contributed by atoms with Gasteiger partial charge >= 0.3 is 5.97 Å². The van der Waals surface area contributed by atoms with Gasteiger partial charge in [0.25, 0.3) is 0 Å². The number of aliphatic hydroxyl groups is 1. The Morgan fingerprint density at radius 2 is 1.96 bits per heavy atom. The normalized spacial score (nSPS) is 11.7. The molecule has 1 atom stereocenters. The molecule has 0 unspecified atom stereocenters. The number of hydrogen-bond acceptors (Lipinski definition) is 5. The van der Waals surface area contributed by atoms with Crippen LogP contribution in [-0.4, -0.2) is 23.7 Å². The molecule has 0 aliphatic carbocycles. The maximum absolute atomic E-state index is 11.9. The smallest absolute Gasteiger partial charge is 0.310 e. The summed E-state index contributed by atoms with van der Waals surface area (Å²) in [5.41, 5.74) is 8.99. The summed E-state index contributed by atoms with van der Waals surface area (Å²) in [6.07, 6.45) is -0.282. The molecule has 2 rings (SSSR count). The molecule has 0 fully saturated rings. The van der Waals surface area contributed by atoms with Gasteiger partial charge in [-0.05, 0) is 30.2 Å². The van der Waals surface area contributed by atoms with E-state index in [4.69, 9.17) is 10.5 Å². The first-order chi connectivity index (χ1) is 11.0. The first-order valence-corrected chi connectivity index (χ1v) is 7.54. The Kier molecular flexibility index (Phi) is 6.00. The first kappa shape index (κ1) is 16.8. The summed E-state index contributed by atoms with van der Waals surface area (Å²) < 4.78 is 5.25. The Hall–Kier alpha value is -2.53. The van der Waals surface area contributed by atoms with E-state index in [1.807, 2.05) is 36.4 Å². The van der Waals surface area contributed by atoms with E-state index in [1.165, 1.54) is 0 Å². The van der Waals surface area contributed by atoms with Gasteiger partial charge in [-0.1, -0.05) is 36.4 Å². The van der Waals surface area contributed by atoms with Gasteiger partial charge in [0.15, 0.2) is 0 Å². The molecule has 0 aliphatic rings. The van der Waals surface area contributed by atoms with Gasteiger partial charge in [-0.3, -0.25) is 4.79 Å². The summed E-state index contributed by atoms with van der Waals surface area (Å²) in [7, 11) is 0. The van der Waals surface area contributed by atoms with Crippen LogP contribution in [0.15, 0.2) is 48.5 Å². The fourth-order valence-corrected chi connectivity index (χ4v) is 2.10. The lowest BCUT2D eigenvalue weighted by Gasteiger charge is -2.12. The number of ether oxygens (including phenoxy) is 1. The van der Waals surface area contributed by atoms with Crippen molar-refractivity contribution in [3.05, 3.63) is 59.7 Å². The zero-order valence-electron chi connectivity index (χ0n) is 13.2. The second-order valence-corrected chi connectivity index (χ2v) is 5.47. The van der Waals surface area contributed by atoms with Gasteiger partial charge in [0, 0.05) is 6.54 Å². The highest BCUT2D eigenvalue weighted by molar-refractivity contribution is 5.75. The summed E-state index contributed by atoms with van der Waals surface area (Å²) in [6, 6.07) is 14.9. The Morgan fingerprint density at radius 1 is 1.22 bits per heavy atom. The predicted octanol–water partition coefficient (Wildman–Crippen LogP) is 2.35. The molecule has 0 amide bonds. The van der Waals surface area contributed by atoms with Gasteiger partial charge in [-0.25, -0.2) is 0 Å². The molecule has 5 nitrogen and oxygen atoms in total. The molecule has 2 aromatic carbocycles. The highest BCUT2D eigenvalue weighted by Gasteiger charge is 2.08. The van der Waals surface area contributed by atoms with Crippen molar-refractivity contribution in [2.24, 2.45) is 0 Å². The topological polar surface area (TPSA) is 84.6 Å². The molecule has 122 valence electrons. The Balaban J connectivity index is 1.87. The van der Waals surface area contributed by atoms with E-state index in [1.54, 1.807) is 19.1 Å². The second-order valence-electron chi connectivity index (χ2n) is 5.47. The van der Waals surface area contributed by atoms with Crippen LogP contribution < -0.4 is 11.1 Å². The molecule has 0 saturated carbocycles. The largest absolute Gasteiger partial charge is 0.461 e. The molecule has 0 spiro atoms. The number of anilines is 2. The van der Waals surface area contributed by atoms with Crippen LogP contribution in [0.3, 0.4) is 0 Å². The lowest BCUT2D eigenvalue weighted by atomic mass is 10.1. The molecule has 2 aromatic rings. The zero-order chi connectivity index (χ0) is 16.7. The first-order valence-electron chi connectivity index (χ1n) is 7.54. The highest BCUT2D eigenvalue weighted by atomic mass is 16.5. The third kappa shape index (κ3) is 5.64. The predicted molar refractivity (Wildman–Crippen MR) is 91.0 cm³/mol. The van der Waals surface area contributed by atoms with Gasteiger partial charge in [0.1, 0.15) is 6.61 Å². The van der Waals surface area contributed by atoms with Crippen LogP contribution >= 0.6 is 0 Å². The lowest BCUT2D eigenvalue weighted by molar-refractivity contribution is -0.144. The number of aliphatic hydroxyl groups excluding tert-OH is 1. The molecule has 23 heavy (non-hydrogen) atoms. The average molecular weight is 314 g/mol. The summed E-state index contributed by atoms with van der Waals surface area (Å²) in [4.78, 5) is 11.9. The molecule has 0 radical (unpaired) electrons. The maximum atomic E-state index is 11.9. The van der Waals surface area contributed by atoms with E-state index in [0.717, 1.165) is 16.8 Å².